The molecule has 0 aliphatic rings. The van der Waals surface area contributed by atoms with Crippen molar-refractivity contribution < 1.29 is 9.13 Å². The average Bonchev–Trinajstić information content (AvgIpc) is 2.62. The van der Waals surface area contributed by atoms with Crippen molar-refractivity contribution in [1.82, 2.24) is 9.55 Å². The Morgan fingerprint density at radius 2 is 2.15 bits per heavy atom. The number of fused-ring (bicyclic) bond motifs is 1. The molecule has 0 atom stereocenters. The van der Waals surface area contributed by atoms with E-state index in [0.717, 1.165) is 5.56 Å². The largest absolute Gasteiger partial charge is 0.494 e. The van der Waals surface area contributed by atoms with E-state index < -0.39 is 5.82 Å². The molecule has 0 fully saturated rings. The van der Waals surface area contributed by atoms with E-state index in [1.807, 2.05) is 0 Å². The number of hydrogen-bond donors (Lipinski definition) is 0. The first-order valence-corrected chi connectivity index (χ1v) is 9.16. The van der Waals surface area contributed by atoms with Crippen molar-refractivity contribution in [2.75, 3.05) is 7.11 Å². The lowest BCUT2D eigenvalue weighted by Crippen LogP contribution is -2.22. The Hall–Kier alpha value is -2.31. The van der Waals surface area contributed by atoms with Gasteiger partial charge in [-0.2, -0.15) is 0 Å². The molecular weight excluding hydrogens is 375 g/mol. The van der Waals surface area contributed by atoms with Crippen molar-refractivity contribution in [2.45, 2.75) is 17.5 Å². The summed E-state index contributed by atoms with van der Waals surface area (Å²) in [7, 11) is 1.42. The molecule has 0 radical (unpaired) electrons. The molecule has 0 spiro atoms. The van der Waals surface area contributed by atoms with Gasteiger partial charge in [0, 0.05) is 17.3 Å². The fourth-order valence-corrected chi connectivity index (χ4v) is 3.64. The summed E-state index contributed by atoms with van der Waals surface area (Å²) in [5.74, 6) is 0.226. The smallest absolute Gasteiger partial charge is 0.262 e. The first-order valence-electron chi connectivity index (χ1n) is 7.79. The van der Waals surface area contributed by atoms with Crippen molar-refractivity contribution in [3.05, 3.63) is 75.8 Å². The maximum atomic E-state index is 13.9. The van der Waals surface area contributed by atoms with Gasteiger partial charge in [0.05, 0.1) is 18.0 Å². The predicted molar refractivity (Wildman–Crippen MR) is 104 cm³/mol. The minimum atomic E-state index is -0.424. The molecule has 134 valence electrons. The maximum absolute atomic E-state index is 13.9. The van der Waals surface area contributed by atoms with Gasteiger partial charge in [0.15, 0.2) is 16.7 Å². The maximum Gasteiger partial charge on any atom is 0.262 e. The molecule has 1 heterocycles. The molecule has 7 heteroatoms. The van der Waals surface area contributed by atoms with Crippen molar-refractivity contribution in [1.29, 1.82) is 0 Å². The number of methoxy groups -OCH3 is 1. The zero-order chi connectivity index (χ0) is 18.7. The van der Waals surface area contributed by atoms with Crippen molar-refractivity contribution in [3.63, 3.8) is 0 Å². The van der Waals surface area contributed by atoms with E-state index in [1.165, 1.54) is 24.9 Å². The zero-order valence-electron chi connectivity index (χ0n) is 14.0. The van der Waals surface area contributed by atoms with Gasteiger partial charge in [-0.25, -0.2) is 9.37 Å². The Morgan fingerprint density at radius 3 is 2.85 bits per heavy atom. The van der Waals surface area contributed by atoms with Crippen molar-refractivity contribution >= 4 is 34.3 Å². The number of nitrogens with zero attached hydrogens (tertiary/aromatic N) is 2. The quantitative estimate of drug-likeness (QED) is 0.348. The van der Waals surface area contributed by atoms with Crippen LogP contribution in [0.15, 0.2) is 59.0 Å². The summed E-state index contributed by atoms with van der Waals surface area (Å²) in [6.45, 7) is 4.04. The van der Waals surface area contributed by atoms with E-state index in [9.17, 15) is 9.18 Å². The number of rotatable bonds is 6. The molecule has 0 saturated heterocycles. The predicted octanol–water partition coefficient (Wildman–Crippen LogP) is 4.68. The highest BCUT2D eigenvalue weighted by atomic mass is 35.5. The van der Waals surface area contributed by atoms with E-state index in [-0.39, 0.29) is 11.3 Å². The van der Waals surface area contributed by atoms with Crippen LogP contribution < -0.4 is 10.3 Å². The molecule has 0 bridgehead atoms. The SMILES string of the molecule is C=CCn1c(SCc2ccc(OC)c(F)c2)nc2cc(Cl)ccc2c1=O. The average molecular weight is 391 g/mol. The third-order valence-electron chi connectivity index (χ3n) is 3.78. The molecular formula is C19H16ClFN2O2S. The Labute approximate surface area is 159 Å². The van der Waals surface area contributed by atoms with Crippen LogP contribution in [-0.4, -0.2) is 16.7 Å². The Morgan fingerprint density at radius 1 is 1.35 bits per heavy atom. The molecule has 0 aliphatic carbocycles. The van der Waals surface area contributed by atoms with Crippen LogP contribution in [0.5, 0.6) is 5.75 Å². The molecule has 2 aromatic carbocycles. The van der Waals surface area contributed by atoms with Gasteiger partial charge in [-0.1, -0.05) is 35.5 Å². The molecule has 0 saturated carbocycles. The lowest BCUT2D eigenvalue weighted by Gasteiger charge is -2.12. The third-order valence-corrected chi connectivity index (χ3v) is 5.06. The zero-order valence-corrected chi connectivity index (χ0v) is 15.6. The minimum absolute atomic E-state index is 0.157. The monoisotopic (exact) mass is 390 g/mol. The Bertz CT molecular complexity index is 1040. The number of benzene rings is 2. The summed E-state index contributed by atoms with van der Waals surface area (Å²) in [5, 5.41) is 1.54. The number of aromatic nitrogens is 2. The molecule has 3 rings (SSSR count). The van der Waals surface area contributed by atoms with Crippen LogP contribution in [-0.2, 0) is 12.3 Å². The third kappa shape index (κ3) is 3.76. The van der Waals surface area contributed by atoms with Crippen LogP contribution in [0.3, 0.4) is 0 Å². The van der Waals surface area contributed by atoms with E-state index in [1.54, 1.807) is 41.0 Å². The van der Waals surface area contributed by atoms with Gasteiger partial charge < -0.3 is 4.74 Å². The standard InChI is InChI=1S/C19H16ClFN2O2S/c1-3-8-23-18(24)14-6-5-13(20)10-16(14)22-19(23)26-11-12-4-7-17(25-2)15(21)9-12/h3-7,9-10H,1,8,11H2,2H3. The van der Waals surface area contributed by atoms with E-state index in [0.29, 0.717) is 33.4 Å². The van der Waals surface area contributed by atoms with Gasteiger partial charge in [0.1, 0.15) is 0 Å². The number of hydrogen-bond acceptors (Lipinski definition) is 4. The molecule has 26 heavy (non-hydrogen) atoms. The van der Waals surface area contributed by atoms with Gasteiger partial charge in [-0.05, 0) is 35.9 Å². The first-order chi connectivity index (χ1) is 12.5. The Kier molecular flexibility index (Phi) is 5.64. The van der Waals surface area contributed by atoms with Gasteiger partial charge in [-0.3, -0.25) is 9.36 Å². The van der Waals surface area contributed by atoms with Crippen molar-refractivity contribution in [3.8, 4) is 5.75 Å². The highest BCUT2D eigenvalue weighted by molar-refractivity contribution is 7.98. The fraction of sp³-hybridized carbons (Fsp3) is 0.158. The van der Waals surface area contributed by atoms with Gasteiger partial charge in [0.25, 0.3) is 5.56 Å². The fourth-order valence-electron chi connectivity index (χ4n) is 2.52. The van der Waals surface area contributed by atoms with E-state index >= 15 is 0 Å². The molecule has 0 aliphatic heterocycles. The van der Waals surface area contributed by atoms with Crippen LogP contribution in [0, 0.1) is 5.82 Å². The second-order valence-corrected chi connectivity index (χ2v) is 6.90. The topological polar surface area (TPSA) is 44.1 Å². The molecule has 0 N–H and O–H groups in total. The van der Waals surface area contributed by atoms with Crippen LogP contribution >= 0.6 is 23.4 Å². The van der Waals surface area contributed by atoms with Crippen molar-refractivity contribution in [2.24, 2.45) is 0 Å². The van der Waals surface area contributed by atoms with Crippen LogP contribution in [0.1, 0.15) is 5.56 Å². The minimum Gasteiger partial charge on any atom is -0.494 e. The summed E-state index contributed by atoms with van der Waals surface area (Å²) in [4.78, 5) is 17.3. The number of ether oxygens (including phenoxy) is 1. The summed E-state index contributed by atoms with van der Waals surface area (Å²) in [6, 6.07) is 9.77. The number of thioether (sulfide) groups is 1. The molecule has 0 unspecified atom stereocenters. The number of allylic oxidation sites excluding steroid dienone is 1. The van der Waals surface area contributed by atoms with Gasteiger partial charge in [-0.15, -0.1) is 6.58 Å². The lowest BCUT2D eigenvalue weighted by molar-refractivity contribution is 0.386. The van der Waals surface area contributed by atoms with E-state index in [2.05, 4.69) is 11.6 Å². The molecule has 1 aromatic heterocycles. The normalized spacial score (nSPS) is 10.9. The summed E-state index contributed by atoms with van der Waals surface area (Å²) in [5.41, 5.74) is 1.14. The molecule has 3 aromatic rings. The second-order valence-electron chi connectivity index (χ2n) is 5.52. The van der Waals surface area contributed by atoms with Crippen LogP contribution in [0.25, 0.3) is 10.9 Å². The van der Waals surface area contributed by atoms with Crippen LogP contribution in [0.2, 0.25) is 5.02 Å². The molecule has 0 amide bonds. The van der Waals surface area contributed by atoms with Gasteiger partial charge in [0.2, 0.25) is 0 Å². The Balaban J connectivity index is 1.97. The van der Waals surface area contributed by atoms with Crippen LogP contribution in [0.4, 0.5) is 4.39 Å². The highest BCUT2D eigenvalue weighted by Gasteiger charge is 2.12. The summed E-state index contributed by atoms with van der Waals surface area (Å²) in [6.07, 6.45) is 1.64. The van der Waals surface area contributed by atoms with Gasteiger partial charge >= 0.3 is 0 Å². The first kappa shape index (κ1) is 18.5. The lowest BCUT2D eigenvalue weighted by atomic mass is 10.2. The number of halogens is 2. The summed E-state index contributed by atoms with van der Waals surface area (Å²) < 4.78 is 20.3. The summed E-state index contributed by atoms with van der Waals surface area (Å²) >= 11 is 7.37. The van der Waals surface area contributed by atoms with E-state index in [4.69, 9.17) is 16.3 Å². The molecule has 4 nitrogen and oxygen atoms in total. The highest BCUT2D eigenvalue weighted by Crippen LogP contribution is 2.26. The second kappa shape index (κ2) is 7.93.